The van der Waals surface area contributed by atoms with Gasteiger partial charge in [-0.1, -0.05) is 6.92 Å². The Balaban J connectivity index is 4.02. The monoisotopic (exact) mass is 208 g/mol. The quantitative estimate of drug-likeness (QED) is 0.604. The molecule has 0 radical (unpaired) electrons. The van der Waals surface area contributed by atoms with Crippen molar-refractivity contribution in [2.75, 3.05) is 0 Å². The minimum Gasteiger partial charge on any atom is -0.207 e. The van der Waals surface area contributed by atoms with E-state index in [9.17, 15) is 26.3 Å². The van der Waals surface area contributed by atoms with Crippen molar-refractivity contribution in [3.8, 4) is 0 Å². The minimum absolute atomic E-state index is 0.619. The van der Waals surface area contributed by atoms with Gasteiger partial charge in [-0.3, -0.25) is 0 Å². The average Bonchev–Trinajstić information content (AvgIpc) is 2.01. The van der Waals surface area contributed by atoms with E-state index < -0.39 is 37.5 Å². The lowest BCUT2D eigenvalue weighted by atomic mass is 10.1. The van der Waals surface area contributed by atoms with Crippen molar-refractivity contribution in [1.82, 2.24) is 0 Å². The van der Waals surface area contributed by atoms with Crippen LogP contribution in [0.4, 0.5) is 26.3 Å². The summed E-state index contributed by atoms with van der Waals surface area (Å²) < 4.78 is 72.0. The van der Waals surface area contributed by atoms with Crippen LogP contribution in [-0.4, -0.2) is 18.3 Å². The number of hydrogen-bond acceptors (Lipinski definition) is 0. The molecule has 0 spiro atoms. The van der Waals surface area contributed by atoms with Gasteiger partial charge in [0.1, 0.15) is 0 Å². The molecule has 0 saturated carbocycles. The summed E-state index contributed by atoms with van der Waals surface area (Å²) in [5.74, 6) is -7.59. The van der Waals surface area contributed by atoms with E-state index in [0.29, 0.717) is 0 Å². The van der Waals surface area contributed by atoms with Gasteiger partial charge in [-0.2, -0.15) is 0 Å². The van der Waals surface area contributed by atoms with Crippen LogP contribution in [0.3, 0.4) is 0 Å². The van der Waals surface area contributed by atoms with Gasteiger partial charge in [-0.05, 0) is 0 Å². The zero-order chi connectivity index (χ0) is 10.7. The molecule has 0 amide bonds. The molecule has 0 saturated heterocycles. The highest BCUT2D eigenvalue weighted by Crippen LogP contribution is 2.33. The molecule has 0 aliphatic carbocycles. The molecule has 0 fully saturated rings. The number of halogens is 6. The Labute approximate surface area is 71.9 Å². The van der Waals surface area contributed by atoms with Crippen molar-refractivity contribution in [3.63, 3.8) is 0 Å². The van der Waals surface area contributed by atoms with E-state index in [-0.39, 0.29) is 0 Å². The first-order valence-corrected chi connectivity index (χ1v) is 3.75. The Morgan fingerprint density at radius 3 is 1.77 bits per heavy atom. The van der Waals surface area contributed by atoms with Gasteiger partial charge in [-0.15, -0.1) is 0 Å². The zero-order valence-electron chi connectivity index (χ0n) is 6.97. The van der Waals surface area contributed by atoms with E-state index in [0.717, 1.165) is 6.92 Å². The molecule has 0 N–H and O–H groups in total. The molecule has 0 aliphatic rings. The summed E-state index contributed by atoms with van der Waals surface area (Å²) in [7, 11) is 0. The van der Waals surface area contributed by atoms with Gasteiger partial charge in [0.05, 0.1) is 0 Å². The molecule has 0 aromatic heterocycles. The van der Waals surface area contributed by atoms with Gasteiger partial charge < -0.3 is 0 Å². The normalized spacial score (nSPS) is 13.8. The van der Waals surface area contributed by atoms with Gasteiger partial charge >= 0.3 is 12.3 Å². The van der Waals surface area contributed by atoms with Crippen LogP contribution in [0, 0.1) is 0 Å². The third-order valence-electron chi connectivity index (χ3n) is 1.66. The number of rotatable bonds is 5. The summed E-state index contributed by atoms with van der Waals surface area (Å²) in [6.45, 7) is 1.11. The lowest BCUT2D eigenvalue weighted by molar-refractivity contribution is -0.147. The van der Waals surface area contributed by atoms with Gasteiger partial charge in [0.25, 0.3) is 0 Å². The molecule has 0 aliphatic heterocycles. The Morgan fingerprint density at radius 2 is 1.46 bits per heavy atom. The van der Waals surface area contributed by atoms with Gasteiger partial charge in [0.15, 0.2) is 0 Å². The molecule has 13 heavy (non-hydrogen) atoms. The fraction of sp³-hybridized carbons (Fsp3) is 1.00. The summed E-state index contributed by atoms with van der Waals surface area (Å²) in [5.41, 5.74) is 0. The first-order chi connectivity index (χ1) is 5.71. The van der Waals surface area contributed by atoms with Crippen LogP contribution in [0.2, 0.25) is 0 Å². The standard InChI is InChI=1S/C7H10F6/c1-2-6(10,11)3-4-7(12,13)5(8)9/h5H,2-4H2,1H3. The number of hydrogen-bond donors (Lipinski definition) is 0. The molecule has 0 atom stereocenters. The topological polar surface area (TPSA) is 0 Å². The van der Waals surface area contributed by atoms with E-state index in [1.807, 2.05) is 0 Å². The molecule has 0 rings (SSSR count). The van der Waals surface area contributed by atoms with Crippen LogP contribution < -0.4 is 0 Å². The Kier molecular flexibility index (Phi) is 4.06. The highest BCUT2D eigenvalue weighted by atomic mass is 19.3. The van der Waals surface area contributed by atoms with E-state index in [1.54, 1.807) is 0 Å². The lowest BCUT2D eigenvalue weighted by Gasteiger charge is -2.19. The van der Waals surface area contributed by atoms with E-state index in [1.165, 1.54) is 0 Å². The second-order valence-electron chi connectivity index (χ2n) is 2.77. The summed E-state index contributed by atoms with van der Waals surface area (Å²) >= 11 is 0. The van der Waals surface area contributed by atoms with E-state index in [2.05, 4.69) is 0 Å². The second-order valence-corrected chi connectivity index (χ2v) is 2.77. The zero-order valence-corrected chi connectivity index (χ0v) is 6.97. The Bertz CT molecular complexity index is 153. The smallest absolute Gasteiger partial charge is 0.207 e. The largest absolute Gasteiger partial charge is 0.307 e. The molecule has 6 heteroatoms. The SMILES string of the molecule is CCC(F)(F)CCC(F)(F)C(F)F. The van der Waals surface area contributed by atoms with Crippen molar-refractivity contribution in [2.24, 2.45) is 0 Å². The minimum atomic E-state index is -4.31. The van der Waals surface area contributed by atoms with Crippen molar-refractivity contribution >= 4 is 0 Å². The predicted octanol–water partition coefficient (Wildman–Crippen LogP) is 3.71. The maximum atomic E-state index is 12.4. The number of alkyl halides is 6. The van der Waals surface area contributed by atoms with Crippen LogP contribution in [-0.2, 0) is 0 Å². The maximum Gasteiger partial charge on any atom is 0.307 e. The van der Waals surface area contributed by atoms with E-state index >= 15 is 0 Å². The van der Waals surface area contributed by atoms with Gasteiger partial charge in [0, 0.05) is 19.3 Å². The molecule has 0 bridgehead atoms. The lowest BCUT2D eigenvalue weighted by Crippen LogP contribution is -2.29. The summed E-state index contributed by atoms with van der Waals surface area (Å²) in [5, 5.41) is 0. The molecular formula is C7H10F6. The Morgan fingerprint density at radius 1 is 1.00 bits per heavy atom. The van der Waals surface area contributed by atoms with Crippen LogP contribution in [0.1, 0.15) is 26.2 Å². The van der Waals surface area contributed by atoms with Gasteiger partial charge in [-0.25, -0.2) is 26.3 Å². The van der Waals surface area contributed by atoms with E-state index in [4.69, 9.17) is 0 Å². The molecular weight excluding hydrogens is 198 g/mol. The Hall–Kier alpha value is -0.420. The highest BCUT2D eigenvalue weighted by molar-refractivity contribution is 4.74. The van der Waals surface area contributed by atoms with Crippen LogP contribution in [0.15, 0.2) is 0 Å². The summed E-state index contributed by atoms with van der Waals surface area (Å²) in [6, 6.07) is 0. The van der Waals surface area contributed by atoms with Crippen LogP contribution >= 0.6 is 0 Å². The first kappa shape index (κ1) is 12.6. The second kappa shape index (κ2) is 4.19. The molecule has 0 unspecified atom stereocenters. The predicted molar refractivity (Wildman–Crippen MR) is 35.4 cm³/mol. The third kappa shape index (κ3) is 4.38. The molecule has 80 valence electrons. The van der Waals surface area contributed by atoms with Gasteiger partial charge in [0.2, 0.25) is 5.92 Å². The molecule has 0 aromatic rings. The third-order valence-corrected chi connectivity index (χ3v) is 1.66. The maximum absolute atomic E-state index is 12.4. The average molecular weight is 208 g/mol. The molecule has 0 aromatic carbocycles. The first-order valence-electron chi connectivity index (χ1n) is 3.75. The summed E-state index contributed by atoms with van der Waals surface area (Å²) in [6.07, 6.45) is -7.18. The van der Waals surface area contributed by atoms with Crippen LogP contribution in [0.5, 0.6) is 0 Å². The van der Waals surface area contributed by atoms with Crippen molar-refractivity contribution in [3.05, 3.63) is 0 Å². The van der Waals surface area contributed by atoms with Crippen LogP contribution in [0.25, 0.3) is 0 Å². The van der Waals surface area contributed by atoms with Crippen molar-refractivity contribution in [1.29, 1.82) is 0 Å². The molecule has 0 nitrogen and oxygen atoms in total. The fourth-order valence-electron chi connectivity index (χ4n) is 0.635. The van der Waals surface area contributed by atoms with Crippen molar-refractivity contribution < 1.29 is 26.3 Å². The van der Waals surface area contributed by atoms with Crippen molar-refractivity contribution in [2.45, 2.75) is 44.5 Å². The fourth-order valence-corrected chi connectivity index (χ4v) is 0.635. The summed E-state index contributed by atoms with van der Waals surface area (Å²) in [4.78, 5) is 0. The molecule has 0 heterocycles. The highest BCUT2D eigenvalue weighted by Gasteiger charge is 2.43.